The molecule has 0 aromatic rings. The highest BCUT2D eigenvalue weighted by atomic mass is 14.6. The van der Waals surface area contributed by atoms with Crippen molar-refractivity contribution in [2.24, 2.45) is 28.7 Å². The van der Waals surface area contributed by atoms with Gasteiger partial charge in [-0.3, -0.25) is 0 Å². The highest BCUT2D eigenvalue weighted by Gasteiger charge is 2.49. The molecule has 2 saturated carbocycles. The first-order valence-corrected chi connectivity index (χ1v) is 5.71. The van der Waals surface area contributed by atoms with Crippen molar-refractivity contribution in [2.45, 2.75) is 38.5 Å². The second-order valence-electron chi connectivity index (χ2n) is 5.02. The molecule has 0 aromatic carbocycles. The molecule has 76 valence electrons. The van der Waals surface area contributed by atoms with Gasteiger partial charge >= 0.3 is 0 Å². The molecule has 0 radical (unpaired) electrons. The van der Waals surface area contributed by atoms with Crippen LogP contribution in [0, 0.1) is 17.3 Å². The molecule has 4 N–H and O–H groups in total. The van der Waals surface area contributed by atoms with Crippen LogP contribution in [0.3, 0.4) is 0 Å². The Morgan fingerprint density at radius 1 is 1.08 bits per heavy atom. The molecule has 2 atom stereocenters. The van der Waals surface area contributed by atoms with Gasteiger partial charge in [0, 0.05) is 0 Å². The third-order valence-electron chi connectivity index (χ3n) is 4.39. The summed E-state index contributed by atoms with van der Waals surface area (Å²) in [4.78, 5) is 0. The summed E-state index contributed by atoms with van der Waals surface area (Å²) >= 11 is 0. The lowest BCUT2D eigenvalue weighted by molar-refractivity contribution is 0.140. The summed E-state index contributed by atoms with van der Waals surface area (Å²) < 4.78 is 0. The Bertz CT molecular complexity index is 173. The molecule has 2 aliphatic rings. The van der Waals surface area contributed by atoms with Crippen molar-refractivity contribution < 1.29 is 0 Å². The Morgan fingerprint density at radius 3 is 2.15 bits per heavy atom. The Kier molecular flexibility index (Phi) is 2.61. The predicted molar refractivity (Wildman–Crippen MR) is 55.2 cm³/mol. The van der Waals surface area contributed by atoms with E-state index in [2.05, 4.69) is 0 Å². The van der Waals surface area contributed by atoms with Crippen molar-refractivity contribution in [1.29, 1.82) is 0 Å². The minimum Gasteiger partial charge on any atom is -0.330 e. The second-order valence-corrected chi connectivity index (χ2v) is 5.02. The summed E-state index contributed by atoms with van der Waals surface area (Å²) in [5, 5.41) is 0. The SMILES string of the molecule is NCCC1(CCN)CC2CCC1C2. The minimum atomic E-state index is 0.562. The van der Waals surface area contributed by atoms with Crippen molar-refractivity contribution in [2.75, 3.05) is 13.1 Å². The first-order valence-electron chi connectivity index (χ1n) is 5.71. The van der Waals surface area contributed by atoms with Crippen LogP contribution in [0.2, 0.25) is 0 Å². The number of hydrogen-bond acceptors (Lipinski definition) is 2. The lowest BCUT2D eigenvalue weighted by Gasteiger charge is -2.37. The second kappa shape index (κ2) is 3.58. The molecule has 0 spiro atoms. The zero-order valence-electron chi connectivity index (χ0n) is 8.47. The van der Waals surface area contributed by atoms with Gasteiger partial charge < -0.3 is 11.5 Å². The van der Waals surface area contributed by atoms with Gasteiger partial charge in [0.25, 0.3) is 0 Å². The van der Waals surface area contributed by atoms with Gasteiger partial charge in [0.05, 0.1) is 0 Å². The Labute approximate surface area is 81.1 Å². The summed E-state index contributed by atoms with van der Waals surface area (Å²) in [6, 6.07) is 0. The zero-order valence-corrected chi connectivity index (χ0v) is 8.47. The average Bonchev–Trinajstić information content (AvgIpc) is 2.64. The molecule has 0 amide bonds. The maximum absolute atomic E-state index is 5.71. The summed E-state index contributed by atoms with van der Waals surface area (Å²) in [5.74, 6) is 1.98. The van der Waals surface area contributed by atoms with Gasteiger partial charge in [-0.2, -0.15) is 0 Å². The fourth-order valence-electron chi connectivity index (χ4n) is 3.87. The Balaban J connectivity index is 2.05. The van der Waals surface area contributed by atoms with E-state index in [1.54, 1.807) is 0 Å². The zero-order chi connectivity index (χ0) is 9.31. The summed E-state index contributed by atoms with van der Waals surface area (Å²) in [7, 11) is 0. The van der Waals surface area contributed by atoms with E-state index in [9.17, 15) is 0 Å². The van der Waals surface area contributed by atoms with Gasteiger partial charge in [0.15, 0.2) is 0 Å². The van der Waals surface area contributed by atoms with Gasteiger partial charge in [-0.1, -0.05) is 6.42 Å². The molecule has 2 rings (SSSR count). The van der Waals surface area contributed by atoms with Crippen molar-refractivity contribution in [3.63, 3.8) is 0 Å². The molecule has 2 fully saturated rings. The topological polar surface area (TPSA) is 52.0 Å². The van der Waals surface area contributed by atoms with Crippen LogP contribution in [0.5, 0.6) is 0 Å². The molecule has 2 aliphatic carbocycles. The highest BCUT2D eigenvalue weighted by molar-refractivity contribution is 5.00. The third kappa shape index (κ3) is 1.50. The lowest BCUT2D eigenvalue weighted by atomic mass is 9.69. The molecule has 0 heterocycles. The van der Waals surface area contributed by atoms with Crippen molar-refractivity contribution in [3.8, 4) is 0 Å². The van der Waals surface area contributed by atoms with Crippen LogP contribution >= 0.6 is 0 Å². The van der Waals surface area contributed by atoms with Gasteiger partial charge in [0.1, 0.15) is 0 Å². The average molecular weight is 182 g/mol. The number of hydrogen-bond donors (Lipinski definition) is 2. The van der Waals surface area contributed by atoms with Crippen LogP contribution in [-0.2, 0) is 0 Å². The van der Waals surface area contributed by atoms with Gasteiger partial charge in [-0.15, -0.1) is 0 Å². The molecule has 2 nitrogen and oxygen atoms in total. The first kappa shape index (κ1) is 9.47. The molecule has 2 bridgehead atoms. The van der Waals surface area contributed by atoms with Gasteiger partial charge in [0.2, 0.25) is 0 Å². The molecule has 2 unspecified atom stereocenters. The van der Waals surface area contributed by atoms with Gasteiger partial charge in [-0.05, 0) is 62.4 Å². The fourth-order valence-corrected chi connectivity index (χ4v) is 3.87. The molecule has 0 aromatic heterocycles. The van der Waals surface area contributed by atoms with Crippen LogP contribution in [-0.4, -0.2) is 13.1 Å². The standard InChI is InChI=1S/C11H22N2/c12-5-3-11(4-6-13)8-9-1-2-10(11)7-9/h9-10H,1-8,12-13H2. The maximum atomic E-state index is 5.71. The van der Waals surface area contributed by atoms with E-state index in [1.807, 2.05) is 0 Å². The largest absolute Gasteiger partial charge is 0.330 e. The van der Waals surface area contributed by atoms with E-state index >= 15 is 0 Å². The molecule has 0 aliphatic heterocycles. The summed E-state index contributed by atoms with van der Waals surface area (Å²) in [6.07, 6.45) is 8.25. The van der Waals surface area contributed by atoms with Crippen molar-refractivity contribution >= 4 is 0 Å². The first-order chi connectivity index (χ1) is 6.30. The minimum absolute atomic E-state index is 0.562. The van der Waals surface area contributed by atoms with Crippen molar-refractivity contribution in [3.05, 3.63) is 0 Å². The van der Waals surface area contributed by atoms with Crippen molar-refractivity contribution in [1.82, 2.24) is 0 Å². The lowest BCUT2D eigenvalue weighted by Crippen LogP contribution is -2.32. The maximum Gasteiger partial charge on any atom is -0.00719 e. The normalized spacial score (nSPS) is 35.5. The van der Waals surface area contributed by atoms with E-state index in [4.69, 9.17) is 11.5 Å². The molecule has 13 heavy (non-hydrogen) atoms. The third-order valence-corrected chi connectivity index (χ3v) is 4.39. The smallest absolute Gasteiger partial charge is 0.00719 e. The fraction of sp³-hybridized carbons (Fsp3) is 1.00. The van der Waals surface area contributed by atoms with E-state index < -0.39 is 0 Å². The van der Waals surface area contributed by atoms with Crippen LogP contribution in [0.15, 0.2) is 0 Å². The predicted octanol–water partition coefficient (Wildman–Crippen LogP) is 1.49. The number of nitrogens with two attached hydrogens (primary N) is 2. The Morgan fingerprint density at radius 2 is 1.77 bits per heavy atom. The monoisotopic (exact) mass is 182 g/mol. The van der Waals surface area contributed by atoms with E-state index in [0.717, 1.165) is 24.9 Å². The van der Waals surface area contributed by atoms with E-state index in [-0.39, 0.29) is 0 Å². The number of fused-ring (bicyclic) bond motifs is 2. The molecular formula is C11H22N2. The summed E-state index contributed by atoms with van der Waals surface area (Å²) in [6.45, 7) is 1.70. The molecular weight excluding hydrogens is 160 g/mol. The van der Waals surface area contributed by atoms with Gasteiger partial charge in [-0.25, -0.2) is 0 Å². The number of rotatable bonds is 4. The van der Waals surface area contributed by atoms with Crippen LogP contribution in [0.25, 0.3) is 0 Å². The van der Waals surface area contributed by atoms with Crippen LogP contribution in [0.1, 0.15) is 38.5 Å². The van der Waals surface area contributed by atoms with E-state index in [1.165, 1.54) is 38.5 Å². The molecule has 2 heteroatoms. The summed E-state index contributed by atoms with van der Waals surface area (Å²) in [5.41, 5.74) is 12.0. The van der Waals surface area contributed by atoms with Crippen LogP contribution in [0.4, 0.5) is 0 Å². The van der Waals surface area contributed by atoms with E-state index in [0.29, 0.717) is 5.41 Å². The highest BCUT2D eigenvalue weighted by Crippen LogP contribution is 2.58. The van der Waals surface area contributed by atoms with Crippen LogP contribution < -0.4 is 11.5 Å². The Hall–Kier alpha value is -0.0800. The quantitative estimate of drug-likeness (QED) is 0.692. The molecule has 0 saturated heterocycles.